The van der Waals surface area contributed by atoms with Crippen molar-refractivity contribution in [2.75, 3.05) is 46.5 Å². The van der Waals surface area contributed by atoms with Crippen molar-refractivity contribution in [3.05, 3.63) is 66.9 Å². The molecule has 8 nitrogen and oxygen atoms in total. The Hall–Kier alpha value is -2.59. The van der Waals surface area contributed by atoms with Crippen LogP contribution < -0.4 is 15.1 Å². The van der Waals surface area contributed by atoms with Crippen LogP contribution in [-0.2, 0) is 4.74 Å². The van der Waals surface area contributed by atoms with E-state index in [0.717, 1.165) is 39.3 Å². The van der Waals surface area contributed by atoms with Gasteiger partial charge in [-0.25, -0.2) is 0 Å². The van der Waals surface area contributed by atoms with Crippen molar-refractivity contribution >= 4 is 44.4 Å². The van der Waals surface area contributed by atoms with E-state index in [2.05, 4.69) is 15.9 Å². The number of methoxy groups -OCH3 is 1. The molecule has 10 heteroatoms. The summed E-state index contributed by atoms with van der Waals surface area (Å²) in [6, 6.07) is 7.44. The molecule has 0 bridgehead atoms. The Labute approximate surface area is 215 Å². The predicted octanol–water partition coefficient (Wildman–Crippen LogP) is 2.77. The average molecular weight is 565 g/mol. The number of morpholine rings is 1. The van der Waals surface area contributed by atoms with E-state index >= 15 is 0 Å². The number of ether oxygens (including phenoxy) is 2. The monoisotopic (exact) mass is 563 g/mol. The fourth-order valence-corrected chi connectivity index (χ4v) is 5.52. The van der Waals surface area contributed by atoms with Gasteiger partial charge in [0.05, 0.1) is 48.3 Å². The molecule has 3 heterocycles. The van der Waals surface area contributed by atoms with E-state index in [-0.39, 0.29) is 34.2 Å². The van der Waals surface area contributed by atoms with E-state index < -0.39 is 6.04 Å². The average Bonchev–Trinajstić information content (AvgIpc) is 3.14. The molecule has 2 aliphatic rings. The number of benzene rings is 2. The second-order valence-electron chi connectivity index (χ2n) is 8.74. The van der Waals surface area contributed by atoms with Gasteiger partial charge in [0.2, 0.25) is 5.76 Å². The van der Waals surface area contributed by atoms with Crippen molar-refractivity contribution < 1.29 is 28.7 Å². The van der Waals surface area contributed by atoms with Gasteiger partial charge in [-0.15, -0.1) is 0 Å². The zero-order valence-electron chi connectivity index (χ0n) is 19.1. The molecule has 3 aromatic rings. The van der Waals surface area contributed by atoms with E-state index in [9.17, 15) is 14.7 Å². The minimum absolute atomic E-state index is 0.0386. The van der Waals surface area contributed by atoms with Crippen molar-refractivity contribution in [3.63, 3.8) is 0 Å². The van der Waals surface area contributed by atoms with Gasteiger partial charge in [-0.3, -0.25) is 9.59 Å². The first-order chi connectivity index (χ1) is 16.9. The highest BCUT2D eigenvalue weighted by atomic mass is 79.9. The number of nitrogens with zero attached hydrogens (tertiary/aromatic N) is 1. The van der Waals surface area contributed by atoms with E-state index in [0.29, 0.717) is 32.6 Å². The number of hydrogen-bond donors (Lipinski definition) is 2. The molecule has 5 rings (SSSR count). The van der Waals surface area contributed by atoms with Gasteiger partial charge in [-0.05, 0) is 51.8 Å². The van der Waals surface area contributed by atoms with Crippen molar-refractivity contribution in [1.82, 2.24) is 4.90 Å². The third-order valence-electron chi connectivity index (χ3n) is 6.64. The van der Waals surface area contributed by atoms with Gasteiger partial charge in [0.1, 0.15) is 18.7 Å². The fraction of sp³-hybridized carbons (Fsp3) is 0.360. The number of hydrogen-bond acceptors (Lipinski definition) is 6. The lowest BCUT2D eigenvalue weighted by Crippen LogP contribution is -3.14. The summed E-state index contributed by atoms with van der Waals surface area (Å²) < 4.78 is 17.2. The first-order valence-electron chi connectivity index (χ1n) is 11.4. The Morgan fingerprint density at radius 1 is 1.23 bits per heavy atom. The highest BCUT2D eigenvalue weighted by molar-refractivity contribution is 9.10. The van der Waals surface area contributed by atoms with E-state index in [4.69, 9.17) is 25.5 Å². The Morgan fingerprint density at radius 2 is 2.00 bits per heavy atom. The molecular formula is C25H25BrClN2O6+. The van der Waals surface area contributed by atoms with Crippen LogP contribution in [0.25, 0.3) is 11.0 Å². The summed E-state index contributed by atoms with van der Waals surface area (Å²) in [4.78, 5) is 30.4. The van der Waals surface area contributed by atoms with E-state index in [1.165, 1.54) is 12.0 Å². The van der Waals surface area contributed by atoms with Crippen molar-refractivity contribution in [2.24, 2.45) is 0 Å². The normalized spacial score (nSPS) is 18.3. The van der Waals surface area contributed by atoms with Gasteiger partial charge in [-0.1, -0.05) is 11.6 Å². The summed E-state index contributed by atoms with van der Waals surface area (Å²) in [5.41, 5.74) is 0.912. The summed E-state index contributed by atoms with van der Waals surface area (Å²) in [7, 11) is 1.45. The SMILES string of the molecule is COc1cc([C@H]2c3c(oc4ccc(Cl)cc4c3=O)C(=O)N2CCC[NH+]2CCOCC2)cc(Br)c1O. The molecule has 0 aliphatic carbocycles. The molecule has 0 radical (unpaired) electrons. The second kappa shape index (κ2) is 9.81. The maximum Gasteiger partial charge on any atom is 0.290 e. The Kier molecular flexibility index (Phi) is 6.76. The highest BCUT2D eigenvalue weighted by Gasteiger charge is 2.43. The van der Waals surface area contributed by atoms with Crippen LogP contribution in [0.1, 0.15) is 34.1 Å². The standard InChI is InChI=1S/C25H24BrClN2O6/c1-33-19-12-14(11-17(26)23(19)31)21-20-22(30)16-13-15(27)3-4-18(16)35-24(20)25(32)29(21)6-2-5-28-7-9-34-10-8-28/h3-4,11-13,21,31H,2,5-10H2,1H3/p+1/t21-/m0/s1. The van der Waals surface area contributed by atoms with Gasteiger partial charge in [-0.2, -0.15) is 0 Å². The lowest BCUT2D eigenvalue weighted by atomic mass is 9.98. The van der Waals surface area contributed by atoms with Crippen molar-refractivity contribution in [3.8, 4) is 11.5 Å². The number of aromatic hydroxyl groups is 1. The van der Waals surface area contributed by atoms with Crippen LogP contribution in [0, 0.1) is 0 Å². The molecule has 184 valence electrons. The van der Waals surface area contributed by atoms with Crippen LogP contribution in [0.5, 0.6) is 11.5 Å². The quantitative estimate of drug-likeness (QED) is 0.478. The second-order valence-corrected chi connectivity index (χ2v) is 10.0. The molecule has 0 saturated carbocycles. The maximum absolute atomic E-state index is 13.7. The van der Waals surface area contributed by atoms with Gasteiger partial charge >= 0.3 is 0 Å². The summed E-state index contributed by atoms with van der Waals surface area (Å²) in [6.07, 6.45) is 0.751. The zero-order valence-corrected chi connectivity index (χ0v) is 21.4. The van der Waals surface area contributed by atoms with Gasteiger partial charge in [0.15, 0.2) is 16.9 Å². The number of halogens is 2. The third kappa shape index (κ3) is 4.42. The van der Waals surface area contributed by atoms with Crippen LogP contribution in [0.4, 0.5) is 0 Å². The summed E-state index contributed by atoms with van der Waals surface area (Å²) in [6.45, 7) is 4.67. The van der Waals surface area contributed by atoms with Crippen molar-refractivity contribution in [1.29, 1.82) is 0 Å². The number of amides is 1. The maximum atomic E-state index is 13.7. The lowest BCUT2D eigenvalue weighted by molar-refractivity contribution is -0.908. The first-order valence-corrected chi connectivity index (χ1v) is 12.6. The minimum Gasteiger partial charge on any atom is -0.503 e. The van der Waals surface area contributed by atoms with Gasteiger partial charge < -0.3 is 28.8 Å². The predicted molar refractivity (Wildman–Crippen MR) is 134 cm³/mol. The number of nitrogens with one attached hydrogen (secondary N) is 1. The number of quaternary nitrogens is 1. The largest absolute Gasteiger partial charge is 0.503 e. The lowest BCUT2D eigenvalue weighted by Gasteiger charge is -2.28. The molecule has 1 aromatic heterocycles. The number of phenolic OH excluding ortho intramolecular Hbond substituents is 1. The first kappa shape index (κ1) is 24.1. The van der Waals surface area contributed by atoms with Crippen LogP contribution in [0.15, 0.2) is 44.0 Å². The molecular weight excluding hydrogens is 540 g/mol. The summed E-state index contributed by atoms with van der Waals surface area (Å²) in [5, 5.41) is 11.1. The van der Waals surface area contributed by atoms with Gasteiger partial charge in [0.25, 0.3) is 5.91 Å². The highest BCUT2D eigenvalue weighted by Crippen LogP contribution is 2.43. The third-order valence-corrected chi connectivity index (χ3v) is 7.48. The molecule has 35 heavy (non-hydrogen) atoms. The van der Waals surface area contributed by atoms with Crippen LogP contribution in [0.3, 0.4) is 0 Å². The number of carbonyl (C=O) groups is 1. The number of phenols is 1. The molecule has 0 unspecified atom stereocenters. The smallest absolute Gasteiger partial charge is 0.290 e. The fourth-order valence-electron chi connectivity index (χ4n) is 4.89. The molecule has 1 atom stereocenters. The Balaban J connectivity index is 1.59. The number of fused-ring (bicyclic) bond motifs is 2. The number of rotatable bonds is 6. The van der Waals surface area contributed by atoms with E-state index in [1.54, 1.807) is 35.2 Å². The minimum atomic E-state index is -0.692. The van der Waals surface area contributed by atoms with Crippen LogP contribution >= 0.6 is 27.5 Å². The molecule has 0 spiro atoms. The Bertz CT molecular complexity index is 1350. The van der Waals surface area contributed by atoms with Crippen LogP contribution in [-0.4, -0.2) is 62.4 Å². The van der Waals surface area contributed by atoms with Crippen LogP contribution in [0.2, 0.25) is 5.02 Å². The molecule has 1 amide bonds. The molecule has 1 saturated heterocycles. The number of carbonyl (C=O) groups excluding carboxylic acids is 1. The molecule has 2 aromatic carbocycles. The van der Waals surface area contributed by atoms with Crippen molar-refractivity contribution in [2.45, 2.75) is 12.5 Å². The zero-order chi connectivity index (χ0) is 24.7. The van der Waals surface area contributed by atoms with E-state index in [1.807, 2.05) is 0 Å². The topological polar surface area (TPSA) is 93.7 Å². The summed E-state index contributed by atoms with van der Waals surface area (Å²) >= 11 is 9.52. The molecule has 2 N–H and O–H groups in total. The molecule has 2 aliphatic heterocycles. The molecule has 1 fully saturated rings. The van der Waals surface area contributed by atoms with Gasteiger partial charge in [0, 0.05) is 18.0 Å². The Morgan fingerprint density at radius 3 is 2.74 bits per heavy atom. The summed E-state index contributed by atoms with van der Waals surface area (Å²) in [5.74, 6) is -0.113.